The lowest BCUT2D eigenvalue weighted by Crippen LogP contribution is -2.33. The average molecular weight is 277 g/mol. The molecule has 1 aromatic carbocycles. The molecule has 0 radical (unpaired) electrons. The number of benzene rings is 1. The van der Waals surface area contributed by atoms with Gasteiger partial charge in [0.05, 0.1) is 6.10 Å². The van der Waals surface area contributed by atoms with Crippen LogP contribution in [0.15, 0.2) is 24.3 Å². The summed E-state index contributed by atoms with van der Waals surface area (Å²) in [6.45, 7) is 0.617. The number of hydrogen-bond acceptors (Lipinski definition) is 3. The van der Waals surface area contributed by atoms with Crippen LogP contribution in [0.25, 0.3) is 0 Å². The molecule has 1 aliphatic rings. The molecule has 1 fully saturated rings. The van der Waals surface area contributed by atoms with Crippen LogP contribution in [0.4, 0.5) is 4.79 Å². The lowest BCUT2D eigenvalue weighted by molar-refractivity contribution is 0.0901. The van der Waals surface area contributed by atoms with Crippen molar-refractivity contribution in [2.75, 3.05) is 6.54 Å². The Labute approximate surface area is 117 Å². The number of amides is 3. The highest BCUT2D eigenvalue weighted by Crippen LogP contribution is 2.32. The number of nitrogens with two attached hydrogens (primary N) is 1. The number of carbonyl (C=O) groups is 2. The van der Waals surface area contributed by atoms with E-state index in [4.69, 9.17) is 5.73 Å². The monoisotopic (exact) mass is 277 g/mol. The van der Waals surface area contributed by atoms with Gasteiger partial charge in [0.25, 0.3) is 5.91 Å². The fourth-order valence-corrected chi connectivity index (χ4v) is 1.91. The SMILES string of the molecule is NC(=O)NCc1ccc(C(=O)NCC(O)C2CC2)cc1. The largest absolute Gasteiger partial charge is 0.391 e. The zero-order chi connectivity index (χ0) is 14.5. The predicted octanol–water partition coefficient (Wildman–Crippen LogP) is 0.356. The highest BCUT2D eigenvalue weighted by molar-refractivity contribution is 5.94. The molecule has 1 unspecified atom stereocenters. The van der Waals surface area contributed by atoms with Crippen molar-refractivity contribution in [1.29, 1.82) is 0 Å². The molecule has 0 aromatic heterocycles. The van der Waals surface area contributed by atoms with Crippen LogP contribution >= 0.6 is 0 Å². The van der Waals surface area contributed by atoms with E-state index >= 15 is 0 Å². The van der Waals surface area contributed by atoms with Crippen molar-refractivity contribution in [3.05, 3.63) is 35.4 Å². The standard InChI is InChI=1S/C14H19N3O3/c15-14(20)17-7-9-1-3-11(4-2-9)13(19)16-8-12(18)10-5-6-10/h1-4,10,12,18H,5-8H2,(H,16,19)(H3,15,17,20). The van der Waals surface area contributed by atoms with Gasteiger partial charge in [-0.25, -0.2) is 4.79 Å². The summed E-state index contributed by atoms with van der Waals surface area (Å²) >= 11 is 0. The topological polar surface area (TPSA) is 104 Å². The maximum atomic E-state index is 11.9. The number of primary amides is 1. The van der Waals surface area contributed by atoms with E-state index in [-0.39, 0.29) is 12.5 Å². The molecular formula is C14H19N3O3. The Hall–Kier alpha value is -2.08. The van der Waals surface area contributed by atoms with Crippen LogP contribution in [0.3, 0.4) is 0 Å². The fourth-order valence-electron chi connectivity index (χ4n) is 1.91. The van der Waals surface area contributed by atoms with Crippen molar-refractivity contribution in [2.45, 2.75) is 25.5 Å². The van der Waals surface area contributed by atoms with E-state index in [2.05, 4.69) is 10.6 Å². The molecule has 0 bridgehead atoms. The Balaban J connectivity index is 1.81. The number of aliphatic hydroxyl groups excluding tert-OH is 1. The molecule has 2 rings (SSSR count). The minimum absolute atomic E-state index is 0.209. The molecule has 0 heterocycles. The Morgan fingerprint density at radius 1 is 1.25 bits per heavy atom. The molecule has 6 heteroatoms. The van der Waals surface area contributed by atoms with Gasteiger partial charge >= 0.3 is 6.03 Å². The van der Waals surface area contributed by atoms with Gasteiger partial charge in [-0.15, -0.1) is 0 Å². The number of aliphatic hydroxyl groups is 1. The minimum atomic E-state index is -0.583. The van der Waals surface area contributed by atoms with Crippen molar-refractivity contribution in [3.8, 4) is 0 Å². The first kappa shape index (κ1) is 14.3. The summed E-state index contributed by atoms with van der Waals surface area (Å²) in [5.74, 6) is 0.136. The second-order valence-corrected chi connectivity index (χ2v) is 5.03. The van der Waals surface area contributed by atoms with Gasteiger partial charge in [-0.05, 0) is 36.5 Å². The van der Waals surface area contributed by atoms with E-state index in [0.29, 0.717) is 18.0 Å². The molecule has 6 nitrogen and oxygen atoms in total. The summed E-state index contributed by atoms with van der Waals surface area (Å²) in [6.07, 6.45) is 1.63. The van der Waals surface area contributed by atoms with Crippen LogP contribution < -0.4 is 16.4 Å². The van der Waals surface area contributed by atoms with Gasteiger partial charge in [-0.2, -0.15) is 0 Å². The quantitative estimate of drug-likeness (QED) is 0.603. The van der Waals surface area contributed by atoms with E-state index in [1.54, 1.807) is 24.3 Å². The molecule has 1 aliphatic carbocycles. The molecule has 108 valence electrons. The third-order valence-corrected chi connectivity index (χ3v) is 3.32. The molecule has 0 aliphatic heterocycles. The fraction of sp³-hybridized carbons (Fsp3) is 0.429. The molecule has 0 saturated heterocycles. The van der Waals surface area contributed by atoms with Crippen LogP contribution in [0.5, 0.6) is 0 Å². The molecule has 3 amide bonds. The van der Waals surface area contributed by atoms with Gasteiger partial charge in [0.2, 0.25) is 0 Å². The molecule has 20 heavy (non-hydrogen) atoms. The van der Waals surface area contributed by atoms with Gasteiger partial charge < -0.3 is 21.5 Å². The van der Waals surface area contributed by atoms with Crippen molar-refractivity contribution >= 4 is 11.9 Å². The van der Waals surface area contributed by atoms with Crippen molar-refractivity contribution in [2.24, 2.45) is 11.7 Å². The summed E-state index contributed by atoms with van der Waals surface area (Å²) in [6, 6.07) is 6.28. The Morgan fingerprint density at radius 2 is 1.90 bits per heavy atom. The summed E-state index contributed by atoms with van der Waals surface area (Å²) in [4.78, 5) is 22.4. The van der Waals surface area contributed by atoms with Crippen LogP contribution in [0, 0.1) is 5.92 Å². The highest BCUT2D eigenvalue weighted by Gasteiger charge is 2.29. The average Bonchev–Trinajstić information content (AvgIpc) is 3.27. The van der Waals surface area contributed by atoms with Crippen molar-refractivity contribution in [3.63, 3.8) is 0 Å². The normalized spacial score (nSPS) is 15.4. The van der Waals surface area contributed by atoms with E-state index in [9.17, 15) is 14.7 Å². The predicted molar refractivity (Wildman–Crippen MR) is 73.9 cm³/mol. The molecule has 1 aromatic rings. The Bertz CT molecular complexity index is 483. The Morgan fingerprint density at radius 3 is 2.45 bits per heavy atom. The lowest BCUT2D eigenvalue weighted by Gasteiger charge is -2.11. The van der Waals surface area contributed by atoms with Crippen molar-refractivity contribution in [1.82, 2.24) is 10.6 Å². The van der Waals surface area contributed by atoms with E-state index < -0.39 is 12.1 Å². The molecule has 1 saturated carbocycles. The highest BCUT2D eigenvalue weighted by atomic mass is 16.3. The maximum absolute atomic E-state index is 11.9. The number of carbonyl (C=O) groups excluding carboxylic acids is 2. The Kier molecular flexibility index (Phi) is 4.57. The minimum Gasteiger partial charge on any atom is -0.391 e. The first-order valence-electron chi connectivity index (χ1n) is 6.65. The van der Waals surface area contributed by atoms with E-state index in [0.717, 1.165) is 18.4 Å². The third-order valence-electron chi connectivity index (χ3n) is 3.32. The van der Waals surface area contributed by atoms with Crippen LogP contribution in [0.2, 0.25) is 0 Å². The molecule has 1 atom stereocenters. The number of urea groups is 1. The lowest BCUT2D eigenvalue weighted by atomic mass is 10.1. The van der Waals surface area contributed by atoms with Crippen LogP contribution in [-0.2, 0) is 6.54 Å². The molecule has 5 N–H and O–H groups in total. The van der Waals surface area contributed by atoms with E-state index in [1.807, 2.05) is 0 Å². The number of nitrogens with one attached hydrogen (secondary N) is 2. The van der Waals surface area contributed by atoms with Crippen LogP contribution in [0.1, 0.15) is 28.8 Å². The smallest absolute Gasteiger partial charge is 0.312 e. The summed E-state index contributed by atoms with van der Waals surface area (Å²) in [7, 11) is 0. The maximum Gasteiger partial charge on any atom is 0.312 e. The van der Waals surface area contributed by atoms with Crippen LogP contribution in [-0.4, -0.2) is 29.7 Å². The second-order valence-electron chi connectivity index (χ2n) is 5.03. The van der Waals surface area contributed by atoms with Crippen molar-refractivity contribution < 1.29 is 14.7 Å². The zero-order valence-corrected chi connectivity index (χ0v) is 11.1. The molecule has 0 spiro atoms. The second kappa shape index (κ2) is 6.38. The number of hydrogen-bond donors (Lipinski definition) is 4. The first-order valence-corrected chi connectivity index (χ1v) is 6.65. The summed E-state index contributed by atoms with van der Waals surface area (Å²) < 4.78 is 0. The first-order chi connectivity index (χ1) is 9.56. The summed E-state index contributed by atoms with van der Waals surface area (Å²) in [5, 5.41) is 14.9. The van der Waals surface area contributed by atoms with Gasteiger partial charge in [0.1, 0.15) is 0 Å². The third kappa shape index (κ3) is 4.24. The summed E-state index contributed by atoms with van der Waals surface area (Å²) in [5.41, 5.74) is 6.36. The molecular weight excluding hydrogens is 258 g/mol. The van der Waals surface area contributed by atoms with Gasteiger partial charge in [-0.1, -0.05) is 12.1 Å². The number of rotatable bonds is 6. The van der Waals surface area contributed by atoms with Gasteiger partial charge in [-0.3, -0.25) is 4.79 Å². The van der Waals surface area contributed by atoms with Gasteiger partial charge in [0, 0.05) is 18.7 Å². The zero-order valence-electron chi connectivity index (χ0n) is 11.1. The van der Waals surface area contributed by atoms with E-state index in [1.165, 1.54) is 0 Å². The van der Waals surface area contributed by atoms with Gasteiger partial charge in [0.15, 0.2) is 0 Å².